The summed E-state index contributed by atoms with van der Waals surface area (Å²) in [6, 6.07) is 10.4. The average Bonchev–Trinajstić information content (AvgIpc) is 2.47. The number of nitrogens with one attached hydrogen (secondary N) is 1. The summed E-state index contributed by atoms with van der Waals surface area (Å²) in [6.07, 6.45) is 0. The van der Waals surface area contributed by atoms with Gasteiger partial charge in [-0.3, -0.25) is 0 Å². The predicted molar refractivity (Wildman–Crippen MR) is 80.5 cm³/mol. The summed E-state index contributed by atoms with van der Waals surface area (Å²) in [5, 5.41) is 9.17. The van der Waals surface area contributed by atoms with E-state index in [9.17, 15) is 12.8 Å². The molecule has 0 aliphatic rings. The minimum atomic E-state index is -3.90. The van der Waals surface area contributed by atoms with Crippen LogP contribution in [0.4, 0.5) is 4.39 Å². The summed E-state index contributed by atoms with van der Waals surface area (Å²) in [7, 11) is -3.90. The van der Waals surface area contributed by atoms with E-state index < -0.39 is 22.4 Å². The lowest BCUT2D eigenvalue weighted by Crippen LogP contribution is -2.24. The van der Waals surface area contributed by atoms with Crippen LogP contribution in [0, 0.1) is 5.82 Å². The van der Waals surface area contributed by atoms with E-state index in [1.807, 2.05) is 0 Å². The molecule has 2 aromatic rings. The quantitative estimate of drug-likeness (QED) is 0.846. The van der Waals surface area contributed by atoms with Crippen molar-refractivity contribution in [1.29, 1.82) is 0 Å². The molecule has 0 unspecified atom stereocenters. The number of aliphatic hydroxyl groups is 1. The van der Waals surface area contributed by atoms with Crippen LogP contribution < -0.4 is 4.72 Å². The first kappa shape index (κ1) is 16.1. The summed E-state index contributed by atoms with van der Waals surface area (Å²) in [4.78, 5) is -0.248. The maximum absolute atomic E-state index is 13.2. The van der Waals surface area contributed by atoms with Crippen LogP contribution in [0.15, 0.2) is 51.8 Å². The fraction of sp³-hybridized carbons (Fsp3) is 0.143. The smallest absolute Gasteiger partial charge is 0.241 e. The van der Waals surface area contributed by atoms with E-state index >= 15 is 0 Å². The molecule has 0 aliphatic carbocycles. The third kappa shape index (κ3) is 4.10. The van der Waals surface area contributed by atoms with Gasteiger partial charge >= 0.3 is 0 Å². The van der Waals surface area contributed by atoms with Gasteiger partial charge in [0.25, 0.3) is 0 Å². The van der Waals surface area contributed by atoms with Gasteiger partial charge in [-0.2, -0.15) is 0 Å². The van der Waals surface area contributed by atoms with Gasteiger partial charge in [0.15, 0.2) is 0 Å². The Balaban J connectivity index is 2.22. The molecule has 0 aromatic heterocycles. The van der Waals surface area contributed by atoms with Gasteiger partial charge in [-0.05, 0) is 35.4 Å². The Morgan fingerprint density at radius 1 is 1.14 bits per heavy atom. The molecule has 0 saturated carbocycles. The lowest BCUT2D eigenvalue weighted by Gasteiger charge is -2.10. The largest absolute Gasteiger partial charge is 0.392 e. The molecule has 112 valence electrons. The van der Waals surface area contributed by atoms with Crippen molar-refractivity contribution in [3.63, 3.8) is 0 Å². The topological polar surface area (TPSA) is 66.4 Å². The van der Waals surface area contributed by atoms with Crippen molar-refractivity contribution < 1.29 is 17.9 Å². The minimum absolute atomic E-state index is 0.0804. The summed E-state index contributed by atoms with van der Waals surface area (Å²) in [5.41, 5.74) is 0.920. The number of aliphatic hydroxyl groups excluding tert-OH is 1. The normalized spacial score (nSPS) is 11.6. The van der Waals surface area contributed by atoms with E-state index in [1.54, 1.807) is 24.3 Å². The van der Waals surface area contributed by atoms with Crippen molar-refractivity contribution in [2.75, 3.05) is 0 Å². The molecule has 0 heterocycles. The van der Waals surface area contributed by atoms with Crippen LogP contribution in [0.1, 0.15) is 11.1 Å². The molecule has 0 saturated heterocycles. The van der Waals surface area contributed by atoms with Crippen LogP contribution in [0.3, 0.4) is 0 Å². The van der Waals surface area contributed by atoms with Gasteiger partial charge in [0.2, 0.25) is 10.0 Å². The minimum Gasteiger partial charge on any atom is -0.392 e. The van der Waals surface area contributed by atoms with E-state index in [1.165, 1.54) is 6.07 Å². The third-order valence-corrected chi connectivity index (χ3v) is 4.88. The van der Waals surface area contributed by atoms with Crippen LogP contribution in [0.5, 0.6) is 0 Å². The molecule has 0 fully saturated rings. The standard InChI is InChI=1S/C14H13BrFNO3S/c15-12-4-1-10(2-5-12)8-17-21(19,20)14-7-13(16)6-3-11(14)9-18/h1-7,17-18H,8-9H2. The third-order valence-electron chi connectivity index (χ3n) is 2.87. The van der Waals surface area contributed by atoms with E-state index in [4.69, 9.17) is 5.11 Å². The predicted octanol–water partition coefficient (Wildman–Crippen LogP) is 2.56. The summed E-state index contributed by atoms with van der Waals surface area (Å²) in [5.74, 6) is -0.670. The highest BCUT2D eigenvalue weighted by Gasteiger charge is 2.18. The number of hydrogen-bond donors (Lipinski definition) is 2. The number of halogens is 2. The molecule has 0 spiro atoms. The Labute approximate surface area is 130 Å². The molecule has 0 radical (unpaired) electrons. The highest BCUT2D eigenvalue weighted by atomic mass is 79.9. The van der Waals surface area contributed by atoms with Gasteiger partial charge in [0, 0.05) is 11.0 Å². The highest BCUT2D eigenvalue weighted by Crippen LogP contribution is 2.18. The second-order valence-corrected chi connectivity index (χ2v) is 7.01. The van der Waals surface area contributed by atoms with Gasteiger partial charge in [0.1, 0.15) is 5.82 Å². The maximum Gasteiger partial charge on any atom is 0.241 e. The van der Waals surface area contributed by atoms with Gasteiger partial charge in [-0.25, -0.2) is 17.5 Å². The Kier molecular flexibility index (Phi) is 5.10. The molecular formula is C14H13BrFNO3S. The second-order valence-electron chi connectivity index (χ2n) is 4.36. The average molecular weight is 374 g/mol. The van der Waals surface area contributed by atoms with Crippen molar-refractivity contribution in [2.45, 2.75) is 18.0 Å². The SMILES string of the molecule is O=S(=O)(NCc1ccc(Br)cc1)c1cc(F)ccc1CO. The molecule has 4 nitrogen and oxygen atoms in total. The number of sulfonamides is 1. The van der Waals surface area contributed by atoms with E-state index in [-0.39, 0.29) is 17.0 Å². The molecule has 0 bridgehead atoms. The van der Waals surface area contributed by atoms with Gasteiger partial charge in [-0.15, -0.1) is 0 Å². The van der Waals surface area contributed by atoms with Crippen LogP contribution in [-0.4, -0.2) is 13.5 Å². The van der Waals surface area contributed by atoms with Gasteiger partial charge in [-0.1, -0.05) is 34.1 Å². The number of hydrogen-bond acceptors (Lipinski definition) is 3. The Hall–Kier alpha value is -1.28. The molecule has 21 heavy (non-hydrogen) atoms. The van der Waals surface area contributed by atoms with Crippen molar-refractivity contribution >= 4 is 26.0 Å². The zero-order chi connectivity index (χ0) is 15.5. The molecule has 2 rings (SSSR count). The van der Waals surface area contributed by atoms with Crippen LogP contribution in [0.25, 0.3) is 0 Å². The Bertz CT molecular complexity index is 732. The molecule has 2 N–H and O–H groups in total. The first-order valence-electron chi connectivity index (χ1n) is 6.06. The van der Waals surface area contributed by atoms with Crippen molar-refractivity contribution in [3.05, 3.63) is 63.9 Å². The first-order chi connectivity index (χ1) is 9.92. The van der Waals surface area contributed by atoms with Crippen molar-refractivity contribution in [1.82, 2.24) is 4.72 Å². The highest BCUT2D eigenvalue weighted by molar-refractivity contribution is 9.10. The summed E-state index contributed by atoms with van der Waals surface area (Å²) < 4.78 is 40.9. The van der Waals surface area contributed by atoms with E-state index in [2.05, 4.69) is 20.7 Å². The Morgan fingerprint density at radius 2 is 1.81 bits per heavy atom. The molecule has 0 amide bonds. The van der Waals surface area contributed by atoms with Gasteiger partial charge in [0.05, 0.1) is 11.5 Å². The molecular weight excluding hydrogens is 361 g/mol. The Morgan fingerprint density at radius 3 is 2.43 bits per heavy atom. The molecule has 7 heteroatoms. The van der Waals surface area contributed by atoms with Crippen LogP contribution >= 0.6 is 15.9 Å². The first-order valence-corrected chi connectivity index (χ1v) is 8.33. The van der Waals surface area contributed by atoms with Gasteiger partial charge < -0.3 is 5.11 Å². The van der Waals surface area contributed by atoms with Crippen LogP contribution in [-0.2, 0) is 23.2 Å². The fourth-order valence-electron chi connectivity index (χ4n) is 1.77. The molecule has 0 aliphatic heterocycles. The van der Waals surface area contributed by atoms with E-state index in [0.717, 1.165) is 22.2 Å². The van der Waals surface area contributed by atoms with Crippen molar-refractivity contribution in [3.8, 4) is 0 Å². The molecule has 0 atom stereocenters. The maximum atomic E-state index is 13.2. The number of rotatable bonds is 5. The summed E-state index contributed by atoms with van der Waals surface area (Å²) >= 11 is 3.29. The zero-order valence-corrected chi connectivity index (χ0v) is 13.3. The second kappa shape index (κ2) is 6.65. The number of benzene rings is 2. The zero-order valence-electron chi connectivity index (χ0n) is 10.9. The summed E-state index contributed by atoms with van der Waals surface area (Å²) in [6.45, 7) is -0.397. The monoisotopic (exact) mass is 373 g/mol. The van der Waals surface area contributed by atoms with E-state index in [0.29, 0.717) is 0 Å². The lowest BCUT2D eigenvalue weighted by molar-refractivity contribution is 0.278. The van der Waals surface area contributed by atoms with Crippen molar-refractivity contribution in [2.24, 2.45) is 0 Å². The fourth-order valence-corrected chi connectivity index (χ4v) is 3.29. The molecule has 2 aromatic carbocycles. The van der Waals surface area contributed by atoms with Crippen LogP contribution in [0.2, 0.25) is 0 Å². The lowest BCUT2D eigenvalue weighted by atomic mass is 10.2.